The highest BCUT2D eigenvalue weighted by Crippen LogP contribution is 2.31. The van der Waals surface area contributed by atoms with Crippen molar-refractivity contribution < 1.29 is 13.2 Å². The third kappa shape index (κ3) is 2.58. The molecule has 0 aromatic carbocycles. The van der Waals surface area contributed by atoms with E-state index in [2.05, 4.69) is 4.98 Å². The summed E-state index contributed by atoms with van der Waals surface area (Å²) in [4.78, 5) is 3.67. The van der Waals surface area contributed by atoms with Crippen LogP contribution in [-0.4, -0.2) is 19.5 Å². The minimum atomic E-state index is -3.81. The first-order valence-electron chi connectivity index (χ1n) is 4.32. The van der Waals surface area contributed by atoms with Crippen LogP contribution in [0.25, 0.3) is 0 Å². The zero-order valence-corrected chi connectivity index (χ0v) is 9.25. The van der Waals surface area contributed by atoms with Crippen LogP contribution in [0.15, 0.2) is 17.3 Å². The summed E-state index contributed by atoms with van der Waals surface area (Å²) in [5.74, 6) is 0.395. The predicted octanol–water partition coefficient (Wildman–Crippen LogP) is 0.924. The molecule has 1 heterocycles. The van der Waals surface area contributed by atoms with Gasteiger partial charge in [-0.15, -0.1) is 0 Å². The van der Waals surface area contributed by atoms with Gasteiger partial charge >= 0.3 is 0 Å². The smallest absolute Gasteiger partial charge is 0.255 e. The molecule has 0 bridgehead atoms. The predicted molar refractivity (Wildman–Crippen MR) is 54.3 cm³/mol. The maximum atomic E-state index is 10.9. The minimum absolute atomic E-state index is 0.185. The van der Waals surface area contributed by atoms with E-state index >= 15 is 0 Å². The number of aromatic nitrogens is 1. The van der Waals surface area contributed by atoms with Crippen LogP contribution in [0, 0.1) is 0 Å². The van der Waals surface area contributed by atoms with E-state index in [4.69, 9.17) is 21.5 Å². The fraction of sp³-hybridized carbons (Fsp3) is 0.375. The van der Waals surface area contributed by atoms with Crippen LogP contribution in [-0.2, 0) is 10.0 Å². The van der Waals surface area contributed by atoms with E-state index in [1.165, 1.54) is 12.3 Å². The van der Waals surface area contributed by atoms with Crippen molar-refractivity contribution in [3.05, 3.63) is 17.3 Å². The monoisotopic (exact) mass is 248 g/mol. The number of hydrogen-bond donors (Lipinski definition) is 1. The molecule has 5 nitrogen and oxygen atoms in total. The molecule has 1 aromatic heterocycles. The van der Waals surface area contributed by atoms with Crippen LogP contribution < -0.4 is 9.88 Å². The zero-order valence-electron chi connectivity index (χ0n) is 7.68. The molecule has 1 saturated carbocycles. The highest BCUT2D eigenvalue weighted by molar-refractivity contribution is 7.89. The van der Waals surface area contributed by atoms with Crippen molar-refractivity contribution >= 4 is 21.6 Å². The molecule has 0 atom stereocenters. The highest BCUT2D eigenvalue weighted by atomic mass is 35.5. The number of sulfonamides is 1. The Balaban J connectivity index is 2.29. The van der Waals surface area contributed by atoms with Crippen LogP contribution in [0.3, 0.4) is 0 Å². The lowest BCUT2D eigenvalue weighted by molar-refractivity contribution is 0.301. The van der Waals surface area contributed by atoms with Crippen molar-refractivity contribution in [3.8, 4) is 5.75 Å². The molecule has 0 amide bonds. The maximum absolute atomic E-state index is 10.9. The standard InChI is InChI=1S/C8H9ClN2O3S/c9-6-3-8(15(10,12)13)11-4-7(6)14-5-1-2-5/h3-5H,1-2H2,(H2,10,12,13). The lowest BCUT2D eigenvalue weighted by Gasteiger charge is -2.06. The van der Waals surface area contributed by atoms with Gasteiger partial charge in [0.05, 0.1) is 17.3 Å². The van der Waals surface area contributed by atoms with E-state index in [0.29, 0.717) is 5.75 Å². The number of nitrogens with two attached hydrogens (primary N) is 1. The number of rotatable bonds is 3. The molecule has 0 unspecified atom stereocenters. The Morgan fingerprint density at radius 2 is 2.20 bits per heavy atom. The molecule has 0 saturated heterocycles. The third-order valence-corrected chi connectivity index (χ3v) is 3.01. The van der Waals surface area contributed by atoms with Crippen molar-refractivity contribution in [3.63, 3.8) is 0 Å². The van der Waals surface area contributed by atoms with Crippen molar-refractivity contribution in [2.45, 2.75) is 24.0 Å². The molecule has 82 valence electrons. The number of halogens is 1. The molecule has 1 fully saturated rings. The molecule has 2 rings (SSSR count). The summed E-state index contributed by atoms with van der Waals surface area (Å²) in [7, 11) is -3.81. The Morgan fingerprint density at radius 3 is 2.67 bits per heavy atom. The van der Waals surface area contributed by atoms with E-state index in [1.54, 1.807) is 0 Å². The summed E-state index contributed by atoms with van der Waals surface area (Å²) >= 11 is 5.82. The zero-order chi connectivity index (χ0) is 11.1. The minimum Gasteiger partial charge on any atom is -0.487 e. The van der Waals surface area contributed by atoms with Gasteiger partial charge in [0, 0.05) is 0 Å². The molecule has 2 N–H and O–H groups in total. The van der Waals surface area contributed by atoms with E-state index in [1.807, 2.05) is 0 Å². The summed E-state index contributed by atoms with van der Waals surface area (Å²) in [6, 6.07) is 1.19. The van der Waals surface area contributed by atoms with Crippen LogP contribution >= 0.6 is 11.6 Å². The maximum Gasteiger partial charge on any atom is 0.255 e. The van der Waals surface area contributed by atoms with Gasteiger partial charge in [0.15, 0.2) is 10.8 Å². The summed E-state index contributed by atoms with van der Waals surface area (Å²) < 4.78 is 27.3. The molecule has 15 heavy (non-hydrogen) atoms. The van der Waals surface area contributed by atoms with Crippen molar-refractivity contribution in [2.24, 2.45) is 5.14 Å². The molecule has 1 aliphatic rings. The first kappa shape index (κ1) is 10.7. The van der Waals surface area contributed by atoms with Gasteiger partial charge in [0.1, 0.15) is 0 Å². The number of primary sulfonamides is 1. The highest BCUT2D eigenvalue weighted by Gasteiger charge is 2.25. The van der Waals surface area contributed by atoms with Gasteiger partial charge in [-0.1, -0.05) is 11.6 Å². The van der Waals surface area contributed by atoms with Crippen LogP contribution in [0.4, 0.5) is 0 Å². The second kappa shape index (κ2) is 3.62. The lowest BCUT2D eigenvalue weighted by atomic mass is 10.4. The van der Waals surface area contributed by atoms with Crippen LogP contribution in [0.1, 0.15) is 12.8 Å². The molecule has 1 aromatic rings. The average molecular weight is 249 g/mol. The fourth-order valence-corrected chi connectivity index (χ4v) is 1.75. The Kier molecular flexibility index (Phi) is 2.57. The van der Waals surface area contributed by atoms with Gasteiger partial charge in [-0.05, 0) is 18.9 Å². The molecule has 0 spiro atoms. The van der Waals surface area contributed by atoms with Crippen molar-refractivity contribution in [1.82, 2.24) is 4.98 Å². The average Bonchev–Trinajstić information content (AvgIpc) is 2.90. The van der Waals surface area contributed by atoms with E-state index in [0.717, 1.165) is 12.8 Å². The summed E-state index contributed by atoms with van der Waals surface area (Å²) in [5.41, 5.74) is 0. The number of ether oxygens (including phenoxy) is 1. The van der Waals surface area contributed by atoms with E-state index < -0.39 is 10.0 Å². The van der Waals surface area contributed by atoms with E-state index in [-0.39, 0.29) is 16.2 Å². The summed E-state index contributed by atoms with van der Waals surface area (Å²) in [6.07, 6.45) is 3.45. The number of pyridine rings is 1. The normalized spacial score (nSPS) is 16.4. The van der Waals surface area contributed by atoms with Gasteiger partial charge < -0.3 is 4.74 Å². The Bertz CT molecular complexity index is 485. The quantitative estimate of drug-likeness (QED) is 0.862. The largest absolute Gasteiger partial charge is 0.487 e. The first-order chi connectivity index (χ1) is 6.97. The van der Waals surface area contributed by atoms with Crippen LogP contribution in [0.2, 0.25) is 5.02 Å². The molecule has 1 aliphatic carbocycles. The Labute approximate surface area is 92.3 Å². The van der Waals surface area contributed by atoms with Crippen molar-refractivity contribution in [1.29, 1.82) is 0 Å². The van der Waals surface area contributed by atoms with Gasteiger partial charge in [0.25, 0.3) is 10.0 Å². The van der Waals surface area contributed by atoms with Crippen molar-refractivity contribution in [2.75, 3.05) is 0 Å². The van der Waals surface area contributed by atoms with E-state index in [9.17, 15) is 8.42 Å². The summed E-state index contributed by atoms with van der Waals surface area (Å²) in [5, 5.41) is 4.85. The molecular formula is C8H9ClN2O3S. The third-order valence-electron chi connectivity index (χ3n) is 1.90. The summed E-state index contributed by atoms with van der Waals surface area (Å²) in [6.45, 7) is 0. The van der Waals surface area contributed by atoms with Gasteiger partial charge in [-0.3, -0.25) is 0 Å². The topological polar surface area (TPSA) is 82.3 Å². The number of nitrogens with zero attached hydrogens (tertiary/aromatic N) is 1. The van der Waals surface area contributed by atoms with Crippen LogP contribution in [0.5, 0.6) is 5.75 Å². The fourth-order valence-electron chi connectivity index (χ4n) is 1.01. The molecular weight excluding hydrogens is 240 g/mol. The molecule has 7 heteroatoms. The Morgan fingerprint density at radius 1 is 1.53 bits per heavy atom. The molecule has 0 radical (unpaired) electrons. The lowest BCUT2D eigenvalue weighted by Crippen LogP contribution is -2.14. The SMILES string of the molecule is NS(=O)(=O)c1cc(Cl)c(OC2CC2)cn1. The molecule has 0 aliphatic heterocycles. The first-order valence-corrected chi connectivity index (χ1v) is 6.24. The van der Waals surface area contributed by atoms with Gasteiger partial charge in [0.2, 0.25) is 0 Å². The Hall–Kier alpha value is -0.850. The van der Waals surface area contributed by atoms with Gasteiger partial charge in [-0.2, -0.15) is 0 Å². The second-order valence-electron chi connectivity index (χ2n) is 3.32. The van der Waals surface area contributed by atoms with Gasteiger partial charge in [-0.25, -0.2) is 18.5 Å². The number of hydrogen-bond acceptors (Lipinski definition) is 4. The second-order valence-corrected chi connectivity index (χ2v) is 5.23.